The Morgan fingerprint density at radius 3 is 2.50 bits per heavy atom. The van der Waals surface area contributed by atoms with Gasteiger partial charge < -0.3 is 24.7 Å². The molecule has 3 rings (SSSR count). The number of fused-ring (bicyclic) bond motifs is 1. The van der Waals surface area contributed by atoms with Crippen molar-refractivity contribution in [3.8, 4) is 0 Å². The third kappa shape index (κ3) is 2.91. The molecule has 8 nitrogen and oxygen atoms in total. The van der Waals surface area contributed by atoms with Crippen molar-refractivity contribution < 1.29 is 29.3 Å². The topological polar surface area (TPSA) is 107 Å². The van der Waals surface area contributed by atoms with Crippen LogP contribution in [0, 0.1) is 11.8 Å². The average molecular weight is 423 g/mol. The first-order chi connectivity index (χ1) is 13.9. The minimum atomic E-state index is -1.19. The SMILES string of the molecule is C=CCN(C(=O)C1N([C@H](C)CO)C(=O)[C@@H]2[C@H](C(=O)O)[C@]3(CC)CCC12O3)C(C)(C)C. The van der Waals surface area contributed by atoms with Gasteiger partial charge in [-0.05, 0) is 47.0 Å². The lowest BCUT2D eigenvalue weighted by Gasteiger charge is -2.43. The van der Waals surface area contributed by atoms with Gasteiger partial charge >= 0.3 is 5.97 Å². The van der Waals surface area contributed by atoms with E-state index < -0.39 is 52.5 Å². The average Bonchev–Trinajstić information content (AvgIpc) is 3.27. The third-order valence-electron chi connectivity index (χ3n) is 7.25. The zero-order valence-electron chi connectivity index (χ0n) is 18.6. The van der Waals surface area contributed by atoms with E-state index in [4.69, 9.17) is 4.74 Å². The molecule has 3 aliphatic heterocycles. The van der Waals surface area contributed by atoms with Gasteiger partial charge in [0.05, 0.1) is 24.2 Å². The molecule has 168 valence electrons. The van der Waals surface area contributed by atoms with Gasteiger partial charge in [0.1, 0.15) is 17.6 Å². The number of hydrogen-bond donors (Lipinski definition) is 2. The second kappa shape index (κ2) is 7.34. The number of carboxylic acid groups (broad SMARTS) is 1. The highest BCUT2D eigenvalue weighted by Crippen LogP contribution is 2.64. The largest absolute Gasteiger partial charge is 0.481 e. The molecule has 2 N–H and O–H groups in total. The standard InChI is InChI=1S/C22H34N2O6/c1-7-11-23(20(4,5)6)18(27)16-22-10-9-21(8-2,30-22)15(19(28)29)14(22)17(26)24(16)13(3)12-25/h7,13-16,25H,1,8-12H2,2-6H3,(H,28,29)/t13-,14+,15-,16?,21+,22?/m1/s1. The monoisotopic (exact) mass is 422 g/mol. The molecular weight excluding hydrogens is 388 g/mol. The highest BCUT2D eigenvalue weighted by atomic mass is 16.5. The number of aliphatic carboxylic acids is 1. The molecule has 0 aliphatic carbocycles. The van der Waals surface area contributed by atoms with Crippen molar-refractivity contribution >= 4 is 17.8 Å². The predicted molar refractivity (Wildman–Crippen MR) is 110 cm³/mol. The van der Waals surface area contributed by atoms with Crippen molar-refractivity contribution in [1.29, 1.82) is 0 Å². The number of carboxylic acids is 1. The van der Waals surface area contributed by atoms with Crippen LogP contribution in [0.1, 0.15) is 53.9 Å². The maximum atomic E-state index is 13.9. The van der Waals surface area contributed by atoms with Gasteiger partial charge in [-0.15, -0.1) is 6.58 Å². The Labute approximate surface area is 177 Å². The van der Waals surface area contributed by atoms with Crippen LogP contribution in [-0.2, 0) is 19.1 Å². The highest BCUT2D eigenvalue weighted by Gasteiger charge is 2.79. The summed E-state index contributed by atoms with van der Waals surface area (Å²) in [6.45, 7) is 13.0. The Balaban J connectivity index is 2.17. The van der Waals surface area contributed by atoms with Gasteiger partial charge in [-0.25, -0.2) is 0 Å². The van der Waals surface area contributed by atoms with Crippen molar-refractivity contribution in [2.24, 2.45) is 11.8 Å². The van der Waals surface area contributed by atoms with Gasteiger partial charge in [0.2, 0.25) is 11.8 Å². The first kappa shape index (κ1) is 22.7. The van der Waals surface area contributed by atoms with Crippen LogP contribution in [-0.4, -0.2) is 79.8 Å². The predicted octanol–water partition coefficient (Wildman–Crippen LogP) is 1.42. The lowest BCUT2D eigenvalue weighted by atomic mass is 9.65. The maximum Gasteiger partial charge on any atom is 0.310 e. The van der Waals surface area contributed by atoms with Crippen molar-refractivity contribution in [2.75, 3.05) is 13.2 Å². The van der Waals surface area contributed by atoms with Crippen LogP contribution in [0.3, 0.4) is 0 Å². The molecule has 8 heteroatoms. The molecule has 1 spiro atoms. The minimum absolute atomic E-state index is 0.288. The molecule has 6 atom stereocenters. The van der Waals surface area contributed by atoms with Gasteiger partial charge in [-0.3, -0.25) is 14.4 Å². The van der Waals surface area contributed by atoms with Gasteiger partial charge in [-0.1, -0.05) is 13.0 Å². The molecule has 0 aromatic rings. The summed E-state index contributed by atoms with van der Waals surface area (Å²) in [7, 11) is 0. The van der Waals surface area contributed by atoms with Crippen LogP contribution in [0.2, 0.25) is 0 Å². The molecule has 3 saturated heterocycles. The first-order valence-electron chi connectivity index (χ1n) is 10.7. The Morgan fingerprint density at radius 2 is 2.03 bits per heavy atom. The second-order valence-corrected chi connectivity index (χ2v) is 9.86. The summed E-state index contributed by atoms with van der Waals surface area (Å²) in [6, 6.07) is -1.61. The van der Waals surface area contributed by atoms with E-state index in [0.717, 1.165) is 0 Å². The number of likely N-dealkylation sites (tertiary alicyclic amines) is 1. The minimum Gasteiger partial charge on any atom is -0.481 e. The van der Waals surface area contributed by atoms with Crippen molar-refractivity contribution in [1.82, 2.24) is 9.80 Å². The molecule has 0 radical (unpaired) electrons. The van der Waals surface area contributed by atoms with Gasteiger partial charge in [0.15, 0.2) is 0 Å². The number of amides is 2. The maximum absolute atomic E-state index is 13.9. The summed E-state index contributed by atoms with van der Waals surface area (Å²) in [5, 5.41) is 19.8. The summed E-state index contributed by atoms with van der Waals surface area (Å²) in [6.07, 6.45) is 3.03. The summed E-state index contributed by atoms with van der Waals surface area (Å²) < 4.78 is 6.47. The lowest BCUT2D eigenvalue weighted by Crippen LogP contribution is -2.61. The second-order valence-electron chi connectivity index (χ2n) is 9.86. The molecule has 0 aromatic carbocycles. The Hall–Kier alpha value is -1.93. The number of carbonyl (C=O) groups is 3. The van der Waals surface area contributed by atoms with Crippen LogP contribution < -0.4 is 0 Å². The van der Waals surface area contributed by atoms with E-state index in [9.17, 15) is 24.6 Å². The number of hydrogen-bond acceptors (Lipinski definition) is 5. The van der Waals surface area contributed by atoms with Crippen molar-refractivity contribution in [2.45, 2.75) is 82.7 Å². The molecule has 0 saturated carbocycles. The van der Waals surface area contributed by atoms with E-state index in [2.05, 4.69) is 6.58 Å². The number of aliphatic hydroxyl groups is 1. The van der Waals surface area contributed by atoms with Crippen LogP contribution in [0.15, 0.2) is 12.7 Å². The molecular formula is C22H34N2O6. The van der Waals surface area contributed by atoms with Gasteiger partial charge in [0.25, 0.3) is 0 Å². The van der Waals surface area contributed by atoms with E-state index in [1.165, 1.54) is 4.90 Å². The smallest absolute Gasteiger partial charge is 0.310 e. The summed E-state index contributed by atoms with van der Waals surface area (Å²) >= 11 is 0. The molecule has 2 amide bonds. The van der Waals surface area contributed by atoms with E-state index >= 15 is 0 Å². The lowest BCUT2D eigenvalue weighted by molar-refractivity contribution is -0.161. The Kier molecular flexibility index (Phi) is 5.56. The fraction of sp³-hybridized carbons (Fsp3) is 0.773. The molecule has 2 bridgehead atoms. The normalized spacial score (nSPS) is 36.0. The summed E-state index contributed by atoms with van der Waals surface area (Å²) in [4.78, 5) is 42.8. The Bertz CT molecular complexity index is 761. The van der Waals surface area contributed by atoms with Crippen molar-refractivity contribution in [3.63, 3.8) is 0 Å². The Morgan fingerprint density at radius 1 is 1.40 bits per heavy atom. The number of aliphatic hydroxyl groups excluding tert-OH is 1. The van der Waals surface area contributed by atoms with Gasteiger partial charge in [0, 0.05) is 12.1 Å². The van der Waals surface area contributed by atoms with Crippen LogP contribution in [0.4, 0.5) is 0 Å². The number of nitrogens with zero attached hydrogens (tertiary/aromatic N) is 2. The number of ether oxygens (including phenoxy) is 1. The fourth-order valence-electron chi connectivity index (χ4n) is 5.84. The quantitative estimate of drug-likeness (QED) is 0.601. The zero-order valence-corrected chi connectivity index (χ0v) is 18.6. The van der Waals surface area contributed by atoms with Crippen molar-refractivity contribution in [3.05, 3.63) is 12.7 Å². The summed E-state index contributed by atoms with van der Waals surface area (Å²) in [5.41, 5.74) is -2.67. The number of rotatable bonds is 7. The van der Waals surface area contributed by atoms with Gasteiger partial charge in [-0.2, -0.15) is 0 Å². The molecule has 3 fully saturated rings. The number of carbonyl (C=O) groups excluding carboxylic acids is 2. The summed E-state index contributed by atoms with van der Waals surface area (Å²) in [5.74, 6) is -3.71. The highest BCUT2D eigenvalue weighted by molar-refractivity contribution is 5.98. The van der Waals surface area contributed by atoms with E-state index in [-0.39, 0.29) is 19.1 Å². The fourth-order valence-corrected chi connectivity index (χ4v) is 5.84. The third-order valence-corrected chi connectivity index (χ3v) is 7.25. The van der Waals surface area contributed by atoms with Crippen LogP contribution in [0.5, 0.6) is 0 Å². The van der Waals surface area contributed by atoms with Crippen LogP contribution in [0.25, 0.3) is 0 Å². The van der Waals surface area contributed by atoms with E-state index in [0.29, 0.717) is 19.3 Å². The molecule has 2 unspecified atom stereocenters. The molecule has 3 heterocycles. The zero-order chi connectivity index (χ0) is 22.6. The van der Waals surface area contributed by atoms with E-state index in [1.54, 1.807) is 17.9 Å². The molecule has 30 heavy (non-hydrogen) atoms. The van der Waals surface area contributed by atoms with E-state index in [1.807, 2.05) is 27.7 Å². The first-order valence-corrected chi connectivity index (χ1v) is 10.7. The van der Waals surface area contributed by atoms with Crippen LogP contribution >= 0.6 is 0 Å². The molecule has 0 aromatic heterocycles. The molecule has 3 aliphatic rings.